The van der Waals surface area contributed by atoms with E-state index < -0.39 is 0 Å². The fourth-order valence-electron chi connectivity index (χ4n) is 3.95. The van der Waals surface area contributed by atoms with E-state index >= 15 is 0 Å². The number of aldehydes is 1. The van der Waals surface area contributed by atoms with Crippen molar-refractivity contribution in [1.82, 2.24) is 0 Å². The Labute approximate surface area is 152 Å². The maximum atomic E-state index is 11.4. The maximum absolute atomic E-state index is 11.4. The molecule has 1 nitrogen and oxygen atoms in total. The zero-order valence-electron chi connectivity index (χ0n) is 14.1. The van der Waals surface area contributed by atoms with Crippen LogP contribution in [0.15, 0.2) is 91.0 Å². The van der Waals surface area contributed by atoms with Crippen molar-refractivity contribution in [3.63, 3.8) is 0 Å². The van der Waals surface area contributed by atoms with Crippen molar-refractivity contribution in [3.8, 4) is 44.5 Å². The summed E-state index contributed by atoms with van der Waals surface area (Å²) in [6, 6.07) is 31.5. The van der Waals surface area contributed by atoms with Crippen LogP contribution in [-0.4, -0.2) is 6.29 Å². The Morgan fingerprint density at radius 1 is 0.423 bits per heavy atom. The predicted molar refractivity (Wildman–Crippen MR) is 107 cm³/mol. The first-order chi connectivity index (χ1) is 12.9. The Bertz CT molecular complexity index is 1150. The molecule has 0 fully saturated rings. The Morgan fingerprint density at radius 2 is 0.769 bits per heavy atom. The third-order valence-corrected chi connectivity index (χ3v) is 5.12. The molecule has 4 aromatic carbocycles. The van der Waals surface area contributed by atoms with Gasteiger partial charge >= 0.3 is 0 Å². The van der Waals surface area contributed by atoms with Gasteiger partial charge in [0, 0.05) is 5.56 Å². The molecule has 1 heteroatoms. The van der Waals surface area contributed by atoms with Gasteiger partial charge in [0.2, 0.25) is 0 Å². The molecule has 0 aromatic heterocycles. The predicted octanol–water partition coefficient (Wildman–Crippen LogP) is 6.48. The Kier molecular flexibility index (Phi) is 3.32. The molecule has 0 heterocycles. The van der Waals surface area contributed by atoms with Crippen LogP contribution in [0.4, 0.5) is 0 Å². The summed E-state index contributed by atoms with van der Waals surface area (Å²) in [5.41, 5.74) is 10.2. The normalized spacial score (nSPS) is 11.2. The summed E-state index contributed by atoms with van der Waals surface area (Å²) in [4.78, 5) is 11.4. The summed E-state index contributed by atoms with van der Waals surface area (Å²) >= 11 is 0. The van der Waals surface area contributed by atoms with Crippen LogP contribution in [0.1, 0.15) is 10.4 Å². The van der Waals surface area contributed by atoms with E-state index in [2.05, 4.69) is 78.9 Å². The lowest BCUT2D eigenvalue weighted by atomic mass is 9.80. The standard InChI is InChI=1S/C25H16O/c26-16-17-13-14-24-22-11-4-3-9-20(22)18-7-1-2-8-19(18)21-10-5-6-12-23(21)25(24)15-17/h1-16H. The first kappa shape index (κ1) is 14.9. The number of rotatable bonds is 1. The first-order valence-electron chi connectivity index (χ1n) is 8.74. The molecule has 5 rings (SSSR count). The van der Waals surface area contributed by atoms with Crippen molar-refractivity contribution >= 4 is 6.29 Å². The van der Waals surface area contributed by atoms with Gasteiger partial charge in [-0.25, -0.2) is 0 Å². The fourth-order valence-corrected chi connectivity index (χ4v) is 3.95. The third kappa shape index (κ3) is 2.14. The van der Waals surface area contributed by atoms with Crippen molar-refractivity contribution in [3.05, 3.63) is 96.6 Å². The van der Waals surface area contributed by atoms with E-state index in [1.807, 2.05) is 12.1 Å². The van der Waals surface area contributed by atoms with E-state index in [0.717, 1.165) is 23.0 Å². The topological polar surface area (TPSA) is 17.1 Å². The Hall–Kier alpha value is -3.45. The van der Waals surface area contributed by atoms with Gasteiger partial charge in [-0.3, -0.25) is 4.79 Å². The van der Waals surface area contributed by atoms with E-state index in [4.69, 9.17) is 0 Å². The highest BCUT2D eigenvalue weighted by Gasteiger charge is 2.21. The molecule has 0 radical (unpaired) electrons. The Balaban J connectivity index is 1.99. The molecule has 122 valence electrons. The minimum atomic E-state index is 0.699. The van der Waals surface area contributed by atoms with Crippen LogP contribution in [0.25, 0.3) is 44.5 Å². The van der Waals surface area contributed by atoms with Gasteiger partial charge in [-0.15, -0.1) is 0 Å². The zero-order valence-corrected chi connectivity index (χ0v) is 14.1. The molecule has 26 heavy (non-hydrogen) atoms. The summed E-state index contributed by atoms with van der Waals surface area (Å²) in [5, 5.41) is 0. The van der Waals surface area contributed by atoms with Crippen LogP contribution in [0.2, 0.25) is 0 Å². The second-order valence-electron chi connectivity index (χ2n) is 6.56. The summed E-state index contributed by atoms with van der Waals surface area (Å²) in [5.74, 6) is 0. The quantitative estimate of drug-likeness (QED) is 0.321. The number of benzene rings is 4. The van der Waals surface area contributed by atoms with E-state index in [9.17, 15) is 4.79 Å². The molecule has 0 N–H and O–H groups in total. The molecule has 1 aliphatic rings. The lowest BCUT2D eigenvalue weighted by Gasteiger charge is -2.23. The van der Waals surface area contributed by atoms with Gasteiger partial charge in [0.25, 0.3) is 0 Å². The van der Waals surface area contributed by atoms with Gasteiger partial charge in [0.05, 0.1) is 0 Å². The molecular weight excluding hydrogens is 316 g/mol. The van der Waals surface area contributed by atoms with Crippen molar-refractivity contribution in [2.75, 3.05) is 0 Å². The van der Waals surface area contributed by atoms with Crippen LogP contribution in [0.5, 0.6) is 0 Å². The number of carbonyl (C=O) groups is 1. The number of hydrogen-bond donors (Lipinski definition) is 0. The number of hydrogen-bond acceptors (Lipinski definition) is 1. The first-order valence-corrected chi connectivity index (χ1v) is 8.74. The van der Waals surface area contributed by atoms with Crippen LogP contribution < -0.4 is 0 Å². The molecule has 0 aliphatic heterocycles. The van der Waals surface area contributed by atoms with Crippen molar-refractivity contribution < 1.29 is 4.79 Å². The summed E-state index contributed by atoms with van der Waals surface area (Å²) in [6.07, 6.45) is 0.918. The highest BCUT2D eigenvalue weighted by atomic mass is 16.1. The Morgan fingerprint density at radius 3 is 1.15 bits per heavy atom. The second-order valence-corrected chi connectivity index (χ2v) is 6.56. The monoisotopic (exact) mass is 332 g/mol. The molecule has 0 amide bonds. The van der Waals surface area contributed by atoms with Gasteiger partial charge in [0.15, 0.2) is 0 Å². The van der Waals surface area contributed by atoms with Crippen LogP contribution in [-0.2, 0) is 0 Å². The molecule has 4 aromatic rings. The fraction of sp³-hybridized carbons (Fsp3) is 0. The molecule has 0 spiro atoms. The average molecular weight is 332 g/mol. The SMILES string of the molecule is O=Cc1ccc2c(c1)-c1ccccc1-c1ccccc1-c1ccccc1-2. The molecule has 0 saturated heterocycles. The van der Waals surface area contributed by atoms with E-state index in [1.165, 1.54) is 27.8 Å². The average Bonchev–Trinajstić information content (AvgIpc) is 2.72. The molecule has 0 unspecified atom stereocenters. The van der Waals surface area contributed by atoms with E-state index in [0.29, 0.717) is 5.56 Å². The lowest BCUT2D eigenvalue weighted by molar-refractivity contribution is 0.112. The number of carbonyl (C=O) groups excluding carboxylic acids is 1. The molecule has 0 saturated carbocycles. The number of fused-ring (bicyclic) bond motifs is 8. The molecule has 0 atom stereocenters. The molecule has 0 bridgehead atoms. The van der Waals surface area contributed by atoms with Crippen LogP contribution >= 0.6 is 0 Å². The van der Waals surface area contributed by atoms with Gasteiger partial charge in [0.1, 0.15) is 6.29 Å². The summed E-state index contributed by atoms with van der Waals surface area (Å²) in [7, 11) is 0. The summed E-state index contributed by atoms with van der Waals surface area (Å²) < 4.78 is 0. The van der Waals surface area contributed by atoms with Crippen molar-refractivity contribution in [1.29, 1.82) is 0 Å². The van der Waals surface area contributed by atoms with Crippen LogP contribution in [0.3, 0.4) is 0 Å². The second kappa shape index (κ2) is 5.82. The maximum Gasteiger partial charge on any atom is 0.150 e. The van der Waals surface area contributed by atoms with Crippen LogP contribution in [0, 0.1) is 0 Å². The van der Waals surface area contributed by atoms with E-state index in [-0.39, 0.29) is 0 Å². The van der Waals surface area contributed by atoms with Gasteiger partial charge < -0.3 is 0 Å². The highest BCUT2D eigenvalue weighted by Crippen LogP contribution is 2.47. The smallest absolute Gasteiger partial charge is 0.150 e. The van der Waals surface area contributed by atoms with Gasteiger partial charge in [-0.2, -0.15) is 0 Å². The largest absolute Gasteiger partial charge is 0.298 e. The molecule has 1 aliphatic carbocycles. The van der Waals surface area contributed by atoms with Gasteiger partial charge in [-0.05, 0) is 50.6 Å². The summed E-state index contributed by atoms with van der Waals surface area (Å²) in [6.45, 7) is 0. The van der Waals surface area contributed by atoms with Gasteiger partial charge in [-0.1, -0.05) is 84.9 Å². The van der Waals surface area contributed by atoms with Crippen molar-refractivity contribution in [2.45, 2.75) is 0 Å². The van der Waals surface area contributed by atoms with Crippen molar-refractivity contribution in [2.24, 2.45) is 0 Å². The lowest BCUT2D eigenvalue weighted by Crippen LogP contribution is -1.97. The third-order valence-electron chi connectivity index (χ3n) is 5.12. The highest BCUT2D eigenvalue weighted by molar-refractivity contribution is 6.03. The zero-order chi connectivity index (χ0) is 17.5. The van der Waals surface area contributed by atoms with E-state index in [1.54, 1.807) is 0 Å². The minimum Gasteiger partial charge on any atom is -0.298 e. The molecular formula is C25H16O. The minimum absolute atomic E-state index is 0.699.